The summed E-state index contributed by atoms with van der Waals surface area (Å²) in [5.41, 5.74) is 0.895. The van der Waals surface area contributed by atoms with Gasteiger partial charge in [0.1, 0.15) is 13.3 Å². The first kappa shape index (κ1) is 13.1. The summed E-state index contributed by atoms with van der Waals surface area (Å²) in [7, 11) is -3.99. The van der Waals surface area contributed by atoms with Crippen LogP contribution in [-0.4, -0.2) is 27.9 Å². The molecule has 1 atom stereocenters. The van der Waals surface area contributed by atoms with E-state index in [9.17, 15) is 17.2 Å². The van der Waals surface area contributed by atoms with Crippen molar-refractivity contribution in [3.63, 3.8) is 0 Å². The number of alkyl halides is 2. The first-order valence-corrected chi connectivity index (χ1v) is 6.02. The molecule has 0 spiro atoms. The number of rotatable bonds is 5. The highest BCUT2D eigenvalue weighted by atomic mass is 32.2. The zero-order valence-corrected chi connectivity index (χ0v) is 9.51. The van der Waals surface area contributed by atoms with Crippen LogP contribution in [0.3, 0.4) is 0 Å². The molecule has 0 aliphatic rings. The lowest BCUT2D eigenvalue weighted by molar-refractivity contribution is 0.170. The Bertz CT molecular complexity index is 428. The molecule has 6 heteroatoms. The Morgan fingerprint density at radius 3 is 2.38 bits per heavy atom. The number of hydrogen-bond donors (Lipinski definition) is 0. The van der Waals surface area contributed by atoms with Gasteiger partial charge in [-0.3, -0.25) is 4.18 Å². The van der Waals surface area contributed by atoms with E-state index < -0.39 is 29.6 Å². The molecule has 3 nitrogen and oxygen atoms in total. The highest BCUT2D eigenvalue weighted by Crippen LogP contribution is 2.13. The highest BCUT2D eigenvalue weighted by molar-refractivity contribution is 7.86. The molecule has 0 aromatic heterocycles. The minimum atomic E-state index is -3.99. The van der Waals surface area contributed by atoms with Crippen LogP contribution in [0.25, 0.3) is 0 Å². The molecule has 1 unspecified atom stereocenters. The number of hydrogen-bond acceptors (Lipinski definition) is 3. The van der Waals surface area contributed by atoms with Gasteiger partial charge in [-0.15, -0.1) is 0 Å². The molecule has 0 aliphatic carbocycles. The quantitative estimate of drug-likeness (QED) is 0.751. The highest BCUT2D eigenvalue weighted by Gasteiger charge is 2.17. The Balaban J connectivity index is 2.74. The summed E-state index contributed by atoms with van der Waals surface area (Å²) in [6.45, 7) is -0.256. The molecule has 0 saturated heterocycles. The summed E-state index contributed by atoms with van der Waals surface area (Å²) in [5, 5.41) is 0. The van der Waals surface area contributed by atoms with E-state index in [1.165, 1.54) is 12.1 Å². The van der Waals surface area contributed by atoms with Crippen LogP contribution in [0.1, 0.15) is 5.56 Å². The minimum absolute atomic E-state index is 0.0656. The summed E-state index contributed by atoms with van der Waals surface area (Å²) in [5.74, 6) is 0. The normalized spacial score (nSPS) is 13.7. The van der Waals surface area contributed by atoms with E-state index in [2.05, 4.69) is 4.18 Å². The molecule has 0 aliphatic heterocycles. The van der Waals surface area contributed by atoms with E-state index >= 15 is 0 Å². The molecule has 0 amide bonds. The van der Waals surface area contributed by atoms with E-state index in [4.69, 9.17) is 0 Å². The molecule has 1 rings (SSSR count). The van der Waals surface area contributed by atoms with Gasteiger partial charge in [-0.25, -0.2) is 8.78 Å². The van der Waals surface area contributed by atoms with Gasteiger partial charge in [0, 0.05) is 0 Å². The van der Waals surface area contributed by atoms with Crippen LogP contribution in [0.15, 0.2) is 29.2 Å². The molecule has 0 fully saturated rings. The maximum atomic E-state index is 12.5. The fraction of sp³-hybridized carbons (Fsp3) is 0.400. The molecule has 1 aromatic carbocycles. The third-order valence-corrected chi connectivity index (χ3v) is 3.18. The predicted octanol–water partition coefficient (Wildman–Crippen LogP) is 2.01. The van der Waals surface area contributed by atoms with Crippen LogP contribution in [0.5, 0.6) is 0 Å². The molecule has 1 aromatic rings. The average Bonchev–Trinajstić information content (AvgIpc) is 2.26. The SMILES string of the molecule is Cc1ccc(S(=O)(=O)OCC(F)CF)cc1. The van der Waals surface area contributed by atoms with Gasteiger partial charge in [0.05, 0.1) is 4.90 Å². The lowest BCUT2D eigenvalue weighted by Crippen LogP contribution is -2.17. The fourth-order valence-electron chi connectivity index (χ4n) is 0.981. The lowest BCUT2D eigenvalue weighted by atomic mass is 10.2. The molecule has 0 N–H and O–H groups in total. The van der Waals surface area contributed by atoms with Gasteiger partial charge in [0.2, 0.25) is 0 Å². The van der Waals surface area contributed by atoms with Crippen molar-refractivity contribution in [2.24, 2.45) is 0 Å². The average molecular weight is 250 g/mol. The molecular weight excluding hydrogens is 238 g/mol. The van der Waals surface area contributed by atoms with Gasteiger partial charge in [-0.1, -0.05) is 17.7 Å². The zero-order chi connectivity index (χ0) is 12.2. The Hall–Kier alpha value is -1.01. The molecule has 16 heavy (non-hydrogen) atoms. The Morgan fingerprint density at radius 2 is 1.88 bits per heavy atom. The number of benzene rings is 1. The summed E-state index contributed by atoms with van der Waals surface area (Å²) in [4.78, 5) is -0.0656. The Morgan fingerprint density at radius 1 is 1.31 bits per heavy atom. The molecule has 90 valence electrons. The molecule has 0 bridgehead atoms. The van der Waals surface area contributed by atoms with Crippen LogP contribution in [0.2, 0.25) is 0 Å². The van der Waals surface area contributed by atoms with Crippen molar-refractivity contribution < 1.29 is 21.4 Å². The molecule has 0 radical (unpaired) electrons. The molecule has 0 saturated carbocycles. The van der Waals surface area contributed by atoms with Crippen molar-refractivity contribution >= 4 is 10.1 Å². The van der Waals surface area contributed by atoms with Crippen molar-refractivity contribution in [2.75, 3.05) is 13.3 Å². The van der Waals surface area contributed by atoms with E-state index in [1.54, 1.807) is 19.1 Å². The second-order valence-electron chi connectivity index (χ2n) is 3.30. The van der Waals surface area contributed by atoms with Gasteiger partial charge in [-0.2, -0.15) is 8.42 Å². The lowest BCUT2D eigenvalue weighted by Gasteiger charge is -2.06. The maximum Gasteiger partial charge on any atom is 0.297 e. The van der Waals surface area contributed by atoms with Gasteiger partial charge < -0.3 is 0 Å². The van der Waals surface area contributed by atoms with Crippen LogP contribution >= 0.6 is 0 Å². The standard InChI is InChI=1S/C10H12F2O3S/c1-8-2-4-10(5-3-8)16(13,14)15-7-9(12)6-11/h2-5,9H,6-7H2,1H3. The number of halogens is 2. The fourth-order valence-corrected chi connectivity index (χ4v) is 1.91. The number of aryl methyl sites for hydroxylation is 1. The monoisotopic (exact) mass is 250 g/mol. The van der Waals surface area contributed by atoms with Gasteiger partial charge in [0.25, 0.3) is 10.1 Å². The second kappa shape index (κ2) is 5.36. The minimum Gasteiger partial charge on any atom is -0.263 e. The van der Waals surface area contributed by atoms with Crippen molar-refractivity contribution in [3.05, 3.63) is 29.8 Å². The first-order chi connectivity index (χ1) is 7.45. The van der Waals surface area contributed by atoms with E-state index in [1.807, 2.05) is 0 Å². The van der Waals surface area contributed by atoms with E-state index in [-0.39, 0.29) is 4.90 Å². The molecule has 0 heterocycles. The van der Waals surface area contributed by atoms with Crippen LogP contribution < -0.4 is 0 Å². The Labute approximate surface area is 93.2 Å². The van der Waals surface area contributed by atoms with Gasteiger partial charge in [0.15, 0.2) is 6.17 Å². The van der Waals surface area contributed by atoms with Gasteiger partial charge in [-0.05, 0) is 19.1 Å². The smallest absolute Gasteiger partial charge is 0.263 e. The van der Waals surface area contributed by atoms with Crippen molar-refractivity contribution in [2.45, 2.75) is 18.0 Å². The topological polar surface area (TPSA) is 43.4 Å². The third-order valence-electron chi connectivity index (χ3n) is 1.88. The Kier molecular flexibility index (Phi) is 4.37. The van der Waals surface area contributed by atoms with Crippen molar-refractivity contribution in [1.29, 1.82) is 0 Å². The van der Waals surface area contributed by atoms with Crippen LogP contribution in [0.4, 0.5) is 8.78 Å². The zero-order valence-electron chi connectivity index (χ0n) is 8.69. The van der Waals surface area contributed by atoms with Crippen LogP contribution in [-0.2, 0) is 14.3 Å². The van der Waals surface area contributed by atoms with E-state index in [0.29, 0.717) is 0 Å². The van der Waals surface area contributed by atoms with Gasteiger partial charge >= 0.3 is 0 Å². The van der Waals surface area contributed by atoms with Crippen LogP contribution in [0, 0.1) is 6.92 Å². The van der Waals surface area contributed by atoms with Crippen molar-refractivity contribution in [1.82, 2.24) is 0 Å². The summed E-state index contributed by atoms with van der Waals surface area (Å²) >= 11 is 0. The summed E-state index contributed by atoms with van der Waals surface area (Å²) < 4.78 is 51.5. The first-order valence-electron chi connectivity index (χ1n) is 4.62. The predicted molar refractivity (Wildman–Crippen MR) is 55.2 cm³/mol. The molecular formula is C10H12F2O3S. The van der Waals surface area contributed by atoms with E-state index in [0.717, 1.165) is 5.56 Å². The van der Waals surface area contributed by atoms with Crippen molar-refractivity contribution in [3.8, 4) is 0 Å². The summed E-state index contributed by atoms with van der Waals surface area (Å²) in [6.07, 6.45) is -1.92. The second-order valence-corrected chi connectivity index (χ2v) is 4.92. The third kappa shape index (κ3) is 3.53. The summed E-state index contributed by atoms with van der Waals surface area (Å²) in [6, 6.07) is 5.90. The maximum absolute atomic E-state index is 12.5. The largest absolute Gasteiger partial charge is 0.297 e.